The van der Waals surface area contributed by atoms with E-state index in [1.54, 1.807) is 12.1 Å². The fourth-order valence-electron chi connectivity index (χ4n) is 2.86. The first-order chi connectivity index (χ1) is 9.68. The van der Waals surface area contributed by atoms with Gasteiger partial charge in [0, 0.05) is 7.26 Å². The third kappa shape index (κ3) is 5.17. The molecule has 1 rings (SSSR count). The summed E-state index contributed by atoms with van der Waals surface area (Å²) in [6, 6.07) is 7.47. The van der Waals surface area contributed by atoms with Crippen LogP contribution in [0.1, 0.15) is 59.3 Å². The van der Waals surface area contributed by atoms with Crippen LogP contribution in [0.3, 0.4) is 0 Å². The van der Waals surface area contributed by atoms with E-state index < -0.39 is 7.26 Å². The minimum Gasteiger partial charge on any atom is -0.207 e. The summed E-state index contributed by atoms with van der Waals surface area (Å²) in [6.45, 7) is 6.83. The van der Waals surface area contributed by atoms with E-state index in [9.17, 15) is 4.39 Å². The molecule has 0 radical (unpaired) electrons. The van der Waals surface area contributed by atoms with Gasteiger partial charge in [-0.15, -0.1) is 0 Å². The summed E-state index contributed by atoms with van der Waals surface area (Å²) in [5, 5.41) is 1.47. The number of halogens is 1. The van der Waals surface area contributed by atoms with E-state index in [4.69, 9.17) is 0 Å². The summed E-state index contributed by atoms with van der Waals surface area (Å²) >= 11 is 0. The summed E-state index contributed by atoms with van der Waals surface area (Å²) in [5.41, 5.74) is 0. The van der Waals surface area contributed by atoms with Crippen LogP contribution >= 0.6 is 7.26 Å². The highest BCUT2D eigenvalue weighted by molar-refractivity contribution is 7.82. The Bertz CT molecular complexity index is 336. The molecule has 20 heavy (non-hydrogen) atoms. The van der Waals surface area contributed by atoms with Crippen molar-refractivity contribution in [2.75, 3.05) is 18.5 Å². The van der Waals surface area contributed by atoms with E-state index >= 15 is 0 Å². The Morgan fingerprint density at radius 3 is 1.50 bits per heavy atom. The van der Waals surface area contributed by atoms with Gasteiger partial charge in [0.15, 0.2) is 0 Å². The van der Waals surface area contributed by atoms with Crippen LogP contribution in [0.25, 0.3) is 0 Å². The second kappa shape index (κ2) is 9.50. The second-order valence-corrected chi connectivity index (χ2v) is 10.0. The summed E-state index contributed by atoms with van der Waals surface area (Å²) in [7, 11) is -1.08. The summed E-state index contributed by atoms with van der Waals surface area (Å²) < 4.78 is 13.2. The first-order valence-electron chi connectivity index (χ1n) is 8.30. The van der Waals surface area contributed by atoms with Crippen molar-refractivity contribution in [2.24, 2.45) is 0 Å². The maximum Gasteiger partial charge on any atom is 0.123 e. The fourth-order valence-corrected chi connectivity index (χ4v) is 7.85. The molecule has 0 atom stereocenters. The third-order valence-corrected chi connectivity index (χ3v) is 9.10. The van der Waals surface area contributed by atoms with Gasteiger partial charge in [0.25, 0.3) is 0 Å². The molecular formula is C18H31FP+. The minimum absolute atomic E-state index is 0.103. The van der Waals surface area contributed by atoms with Gasteiger partial charge in [-0.25, -0.2) is 4.39 Å². The van der Waals surface area contributed by atoms with Gasteiger partial charge in [0.1, 0.15) is 5.82 Å². The lowest BCUT2D eigenvalue weighted by atomic mass is 10.3. The van der Waals surface area contributed by atoms with Crippen LogP contribution in [-0.2, 0) is 0 Å². The van der Waals surface area contributed by atoms with Crippen LogP contribution in [0.5, 0.6) is 0 Å². The fraction of sp³-hybridized carbons (Fsp3) is 0.667. The molecule has 0 saturated carbocycles. The predicted molar refractivity (Wildman–Crippen MR) is 92.3 cm³/mol. The molecule has 0 aliphatic rings. The third-order valence-electron chi connectivity index (χ3n) is 4.19. The normalized spacial score (nSPS) is 11.8. The first kappa shape index (κ1) is 17.6. The van der Waals surface area contributed by atoms with Crippen molar-refractivity contribution in [3.63, 3.8) is 0 Å². The van der Waals surface area contributed by atoms with Crippen LogP contribution in [0, 0.1) is 5.82 Å². The summed E-state index contributed by atoms with van der Waals surface area (Å²) in [6.07, 6.45) is 11.8. The summed E-state index contributed by atoms with van der Waals surface area (Å²) in [5.74, 6) is -0.103. The Kier molecular flexibility index (Phi) is 8.38. The molecule has 0 heterocycles. The number of rotatable bonds is 10. The molecule has 0 amide bonds. The lowest BCUT2D eigenvalue weighted by Gasteiger charge is -2.27. The molecule has 0 aromatic heterocycles. The standard InChI is InChI=1S/C18H31FP/c1-4-7-14-20(15-8-5-2,16-9-6-3)18-12-10-17(19)11-13-18/h10-13H,4-9,14-16H2,1-3H3/q+1. The Morgan fingerprint density at radius 1 is 0.750 bits per heavy atom. The van der Waals surface area contributed by atoms with Gasteiger partial charge in [0.2, 0.25) is 0 Å². The van der Waals surface area contributed by atoms with Crippen LogP contribution in [0.4, 0.5) is 4.39 Å². The number of hydrogen-bond donors (Lipinski definition) is 0. The van der Waals surface area contributed by atoms with Crippen LogP contribution in [-0.4, -0.2) is 18.5 Å². The van der Waals surface area contributed by atoms with Gasteiger partial charge in [-0.1, -0.05) is 40.0 Å². The van der Waals surface area contributed by atoms with Crippen LogP contribution in [0.2, 0.25) is 0 Å². The molecule has 2 heteroatoms. The molecule has 0 fully saturated rings. The average Bonchev–Trinajstić information content (AvgIpc) is 2.48. The highest BCUT2D eigenvalue weighted by atomic mass is 31.2. The van der Waals surface area contributed by atoms with E-state index in [2.05, 4.69) is 32.9 Å². The van der Waals surface area contributed by atoms with Gasteiger partial charge in [-0.2, -0.15) is 0 Å². The van der Waals surface area contributed by atoms with E-state index in [0.29, 0.717) is 0 Å². The second-order valence-electron chi connectivity index (χ2n) is 5.85. The molecule has 0 spiro atoms. The SMILES string of the molecule is CCCC[P+](CCCC)(CCCC)c1ccc(F)cc1. The Hall–Kier alpha value is -0.420. The first-order valence-corrected chi connectivity index (χ1v) is 10.6. The lowest BCUT2D eigenvalue weighted by Crippen LogP contribution is -2.21. The number of unbranched alkanes of at least 4 members (excludes halogenated alkanes) is 3. The van der Waals surface area contributed by atoms with Crippen molar-refractivity contribution in [1.29, 1.82) is 0 Å². The van der Waals surface area contributed by atoms with Crippen molar-refractivity contribution in [1.82, 2.24) is 0 Å². The van der Waals surface area contributed by atoms with Gasteiger partial charge in [-0.05, 0) is 43.5 Å². The zero-order valence-corrected chi connectivity index (χ0v) is 14.4. The molecule has 1 aromatic rings. The van der Waals surface area contributed by atoms with Gasteiger partial charge in [0.05, 0.1) is 23.8 Å². The number of hydrogen-bond acceptors (Lipinski definition) is 0. The van der Waals surface area contributed by atoms with Crippen molar-refractivity contribution in [2.45, 2.75) is 59.3 Å². The van der Waals surface area contributed by atoms with Crippen molar-refractivity contribution in [3.05, 3.63) is 30.1 Å². The number of benzene rings is 1. The zero-order chi connectivity index (χ0) is 14.8. The van der Waals surface area contributed by atoms with Crippen LogP contribution in [0.15, 0.2) is 24.3 Å². The van der Waals surface area contributed by atoms with Crippen molar-refractivity contribution in [3.8, 4) is 0 Å². The van der Waals surface area contributed by atoms with Crippen molar-refractivity contribution >= 4 is 12.6 Å². The van der Waals surface area contributed by atoms with E-state index in [-0.39, 0.29) is 5.82 Å². The topological polar surface area (TPSA) is 0 Å². The van der Waals surface area contributed by atoms with Gasteiger partial charge >= 0.3 is 0 Å². The Labute approximate surface area is 125 Å². The monoisotopic (exact) mass is 297 g/mol. The zero-order valence-electron chi connectivity index (χ0n) is 13.5. The van der Waals surface area contributed by atoms with E-state index in [1.807, 2.05) is 0 Å². The molecular weight excluding hydrogens is 266 g/mol. The largest absolute Gasteiger partial charge is 0.207 e. The minimum atomic E-state index is -1.08. The highest BCUT2D eigenvalue weighted by Gasteiger charge is 2.37. The molecule has 0 aliphatic heterocycles. The van der Waals surface area contributed by atoms with Gasteiger partial charge < -0.3 is 0 Å². The molecule has 0 saturated heterocycles. The lowest BCUT2D eigenvalue weighted by molar-refractivity contribution is 0.628. The smallest absolute Gasteiger partial charge is 0.123 e. The average molecular weight is 297 g/mol. The highest BCUT2D eigenvalue weighted by Crippen LogP contribution is 2.59. The quantitative estimate of drug-likeness (QED) is 0.474. The van der Waals surface area contributed by atoms with Gasteiger partial charge in [-0.3, -0.25) is 0 Å². The van der Waals surface area contributed by atoms with Crippen LogP contribution < -0.4 is 5.30 Å². The van der Waals surface area contributed by atoms with E-state index in [0.717, 1.165) is 0 Å². The molecule has 0 N–H and O–H groups in total. The maximum absolute atomic E-state index is 13.2. The molecule has 0 nitrogen and oxygen atoms in total. The predicted octanol–water partition coefficient (Wildman–Crippen LogP) is 5.87. The Morgan fingerprint density at radius 2 is 1.15 bits per heavy atom. The molecule has 0 bridgehead atoms. The Balaban J connectivity index is 3.00. The summed E-state index contributed by atoms with van der Waals surface area (Å²) in [4.78, 5) is 0. The molecule has 0 aliphatic carbocycles. The molecule has 1 aromatic carbocycles. The van der Waals surface area contributed by atoms with E-state index in [1.165, 1.54) is 62.3 Å². The maximum atomic E-state index is 13.2. The molecule has 0 unspecified atom stereocenters. The van der Waals surface area contributed by atoms with Crippen molar-refractivity contribution < 1.29 is 4.39 Å². The molecule has 114 valence electrons.